The zero-order valence-corrected chi connectivity index (χ0v) is 11.9. The summed E-state index contributed by atoms with van der Waals surface area (Å²) in [7, 11) is 0. The molecule has 2 heterocycles. The van der Waals surface area contributed by atoms with E-state index in [0.717, 1.165) is 37.7 Å². The SMILES string of the molecule is NCc1c(F)cccc1N1CCN(c2ccccn2)CC1. The fraction of sp³-hybridized carbons (Fsp3) is 0.312. The second-order valence-corrected chi connectivity index (χ2v) is 5.10. The molecule has 21 heavy (non-hydrogen) atoms. The van der Waals surface area contributed by atoms with Gasteiger partial charge in [-0.15, -0.1) is 0 Å². The van der Waals surface area contributed by atoms with Crippen LogP contribution in [0.15, 0.2) is 42.6 Å². The zero-order chi connectivity index (χ0) is 14.7. The molecule has 1 aliphatic rings. The lowest BCUT2D eigenvalue weighted by molar-refractivity contribution is 0.602. The van der Waals surface area contributed by atoms with Crippen LogP contribution in [0.5, 0.6) is 0 Å². The number of hydrogen-bond donors (Lipinski definition) is 1. The highest BCUT2D eigenvalue weighted by atomic mass is 19.1. The first-order valence-corrected chi connectivity index (χ1v) is 7.18. The Morgan fingerprint density at radius 1 is 1.00 bits per heavy atom. The van der Waals surface area contributed by atoms with Crippen molar-refractivity contribution in [1.29, 1.82) is 0 Å². The molecule has 0 aliphatic carbocycles. The molecule has 1 saturated heterocycles. The summed E-state index contributed by atoms with van der Waals surface area (Å²) in [6, 6.07) is 11.1. The van der Waals surface area contributed by atoms with E-state index in [1.807, 2.05) is 24.3 Å². The van der Waals surface area contributed by atoms with Crippen LogP contribution in [0.4, 0.5) is 15.9 Å². The molecule has 2 aromatic rings. The van der Waals surface area contributed by atoms with Gasteiger partial charge in [-0.25, -0.2) is 9.37 Å². The van der Waals surface area contributed by atoms with Crippen LogP contribution in [0, 0.1) is 5.82 Å². The van der Waals surface area contributed by atoms with Crippen LogP contribution >= 0.6 is 0 Å². The minimum absolute atomic E-state index is 0.220. The minimum Gasteiger partial charge on any atom is -0.368 e. The molecule has 0 unspecified atom stereocenters. The maximum absolute atomic E-state index is 13.8. The van der Waals surface area contributed by atoms with Crippen molar-refractivity contribution in [1.82, 2.24) is 4.98 Å². The number of nitrogens with zero attached hydrogens (tertiary/aromatic N) is 3. The Morgan fingerprint density at radius 2 is 1.76 bits per heavy atom. The van der Waals surface area contributed by atoms with E-state index in [9.17, 15) is 4.39 Å². The number of halogens is 1. The van der Waals surface area contributed by atoms with E-state index in [1.54, 1.807) is 12.3 Å². The van der Waals surface area contributed by atoms with Gasteiger partial charge >= 0.3 is 0 Å². The number of piperazine rings is 1. The minimum atomic E-state index is -0.220. The van der Waals surface area contributed by atoms with Crippen molar-refractivity contribution in [3.8, 4) is 0 Å². The van der Waals surface area contributed by atoms with E-state index in [-0.39, 0.29) is 12.4 Å². The smallest absolute Gasteiger partial charge is 0.129 e. The number of rotatable bonds is 3. The van der Waals surface area contributed by atoms with E-state index in [1.165, 1.54) is 6.07 Å². The third-order valence-corrected chi connectivity index (χ3v) is 3.89. The number of benzene rings is 1. The van der Waals surface area contributed by atoms with Crippen LogP contribution in [0.1, 0.15) is 5.56 Å². The summed E-state index contributed by atoms with van der Waals surface area (Å²) in [5.74, 6) is 0.776. The molecule has 110 valence electrons. The molecule has 1 aliphatic heterocycles. The Balaban J connectivity index is 1.73. The standard InChI is InChI=1S/C16H19FN4/c17-14-4-3-5-15(13(14)12-18)20-8-10-21(11-9-20)16-6-1-2-7-19-16/h1-7H,8-12,18H2. The van der Waals surface area contributed by atoms with Crippen molar-refractivity contribution in [2.75, 3.05) is 36.0 Å². The summed E-state index contributed by atoms with van der Waals surface area (Å²) >= 11 is 0. The number of anilines is 2. The molecule has 0 bridgehead atoms. The normalized spacial score (nSPS) is 15.3. The van der Waals surface area contributed by atoms with Gasteiger partial charge < -0.3 is 15.5 Å². The number of hydrogen-bond acceptors (Lipinski definition) is 4. The highest BCUT2D eigenvalue weighted by Gasteiger charge is 2.20. The largest absolute Gasteiger partial charge is 0.368 e. The summed E-state index contributed by atoms with van der Waals surface area (Å²) in [6.07, 6.45) is 1.81. The first kappa shape index (κ1) is 13.8. The predicted molar refractivity (Wildman–Crippen MR) is 83.0 cm³/mol. The maximum atomic E-state index is 13.8. The van der Waals surface area contributed by atoms with Gasteiger partial charge in [0.1, 0.15) is 11.6 Å². The highest BCUT2D eigenvalue weighted by Crippen LogP contribution is 2.25. The second kappa shape index (κ2) is 6.10. The summed E-state index contributed by atoms with van der Waals surface area (Å²) in [6.45, 7) is 3.65. The second-order valence-electron chi connectivity index (χ2n) is 5.10. The van der Waals surface area contributed by atoms with Gasteiger partial charge in [0.15, 0.2) is 0 Å². The van der Waals surface area contributed by atoms with Gasteiger partial charge in [-0.05, 0) is 24.3 Å². The Bertz CT molecular complexity index is 594. The highest BCUT2D eigenvalue weighted by molar-refractivity contribution is 5.55. The van der Waals surface area contributed by atoms with Crippen molar-refractivity contribution >= 4 is 11.5 Å². The summed E-state index contributed by atoms with van der Waals surface area (Å²) in [4.78, 5) is 8.82. The van der Waals surface area contributed by atoms with Gasteiger partial charge in [-0.3, -0.25) is 0 Å². The lowest BCUT2D eigenvalue weighted by Crippen LogP contribution is -2.47. The maximum Gasteiger partial charge on any atom is 0.129 e. The Morgan fingerprint density at radius 3 is 2.43 bits per heavy atom. The number of aromatic nitrogens is 1. The number of pyridine rings is 1. The van der Waals surface area contributed by atoms with Crippen molar-refractivity contribution in [3.63, 3.8) is 0 Å². The van der Waals surface area contributed by atoms with E-state index < -0.39 is 0 Å². The summed E-state index contributed by atoms with van der Waals surface area (Å²) in [5, 5.41) is 0. The fourth-order valence-electron chi connectivity index (χ4n) is 2.76. The molecule has 4 nitrogen and oxygen atoms in total. The quantitative estimate of drug-likeness (QED) is 0.937. The zero-order valence-electron chi connectivity index (χ0n) is 11.9. The monoisotopic (exact) mass is 286 g/mol. The van der Waals surface area contributed by atoms with E-state index in [0.29, 0.717) is 5.56 Å². The molecule has 0 amide bonds. The van der Waals surface area contributed by atoms with Crippen molar-refractivity contribution < 1.29 is 4.39 Å². The molecule has 0 atom stereocenters. The van der Waals surface area contributed by atoms with Gasteiger partial charge in [-0.2, -0.15) is 0 Å². The Kier molecular flexibility index (Phi) is 4.01. The van der Waals surface area contributed by atoms with Gasteiger partial charge in [0.25, 0.3) is 0 Å². The van der Waals surface area contributed by atoms with Gasteiger partial charge in [-0.1, -0.05) is 12.1 Å². The summed E-state index contributed by atoms with van der Waals surface area (Å²) in [5.41, 5.74) is 7.21. The first-order chi connectivity index (χ1) is 10.3. The topological polar surface area (TPSA) is 45.4 Å². The Labute approximate surface area is 124 Å². The average molecular weight is 286 g/mol. The molecule has 0 radical (unpaired) electrons. The molecular formula is C16H19FN4. The predicted octanol–water partition coefficient (Wildman–Crippen LogP) is 2.01. The van der Waals surface area contributed by atoms with Crippen LogP contribution in [-0.4, -0.2) is 31.2 Å². The van der Waals surface area contributed by atoms with Gasteiger partial charge in [0.2, 0.25) is 0 Å². The van der Waals surface area contributed by atoms with Crippen molar-refractivity contribution in [2.45, 2.75) is 6.54 Å². The van der Waals surface area contributed by atoms with E-state index >= 15 is 0 Å². The lowest BCUT2D eigenvalue weighted by atomic mass is 10.1. The van der Waals surface area contributed by atoms with Crippen LogP contribution in [-0.2, 0) is 6.54 Å². The van der Waals surface area contributed by atoms with Gasteiger partial charge in [0.05, 0.1) is 0 Å². The van der Waals surface area contributed by atoms with E-state index in [2.05, 4.69) is 14.8 Å². The van der Waals surface area contributed by atoms with Crippen LogP contribution in [0.25, 0.3) is 0 Å². The third kappa shape index (κ3) is 2.83. The summed E-state index contributed by atoms with van der Waals surface area (Å²) < 4.78 is 13.8. The molecule has 2 N–H and O–H groups in total. The van der Waals surface area contributed by atoms with Crippen LogP contribution in [0.2, 0.25) is 0 Å². The number of nitrogens with two attached hydrogens (primary N) is 1. The third-order valence-electron chi connectivity index (χ3n) is 3.89. The molecule has 1 aromatic heterocycles. The molecule has 3 rings (SSSR count). The molecule has 5 heteroatoms. The first-order valence-electron chi connectivity index (χ1n) is 7.18. The Hall–Kier alpha value is -2.14. The molecule has 0 spiro atoms. The lowest BCUT2D eigenvalue weighted by Gasteiger charge is -2.37. The van der Waals surface area contributed by atoms with E-state index in [4.69, 9.17) is 5.73 Å². The van der Waals surface area contributed by atoms with Crippen LogP contribution < -0.4 is 15.5 Å². The average Bonchev–Trinajstić information content (AvgIpc) is 2.55. The van der Waals surface area contributed by atoms with Crippen LogP contribution in [0.3, 0.4) is 0 Å². The molecular weight excluding hydrogens is 267 g/mol. The molecule has 1 aromatic carbocycles. The van der Waals surface area contributed by atoms with Crippen molar-refractivity contribution in [3.05, 3.63) is 54.0 Å². The van der Waals surface area contributed by atoms with Gasteiger partial charge in [0, 0.05) is 50.2 Å². The molecule has 0 saturated carbocycles. The fourth-order valence-corrected chi connectivity index (χ4v) is 2.76. The van der Waals surface area contributed by atoms with Crippen molar-refractivity contribution in [2.24, 2.45) is 5.73 Å². The molecule has 1 fully saturated rings.